The summed E-state index contributed by atoms with van der Waals surface area (Å²) in [7, 11) is 0. The Morgan fingerprint density at radius 2 is 1.95 bits per heavy atom. The average molecular weight is 323 g/mol. The maximum absolute atomic E-state index is 11.7. The predicted octanol–water partition coefficient (Wildman–Crippen LogP) is 4.66. The summed E-state index contributed by atoms with van der Waals surface area (Å²) in [4.78, 5) is 11.7. The second-order valence-electron chi connectivity index (χ2n) is 4.84. The van der Waals surface area contributed by atoms with Gasteiger partial charge >= 0.3 is 6.03 Å². The first-order valence-electron chi connectivity index (χ1n) is 6.74. The third kappa shape index (κ3) is 4.71. The second-order valence-corrected chi connectivity index (χ2v) is 5.69. The number of halogens is 1. The molecule has 2 amide bonds. The number of hydrogen-bond donors (Lipinski definition) is 2. The molecule has 0 heterocycles. The van der Waals surface area contributed by atoms with Crippen molar-refractivity contribution in [3.63, 3.8) is 0 Å². The van der Waals surface area contributed by atoms with Crippen LogP contribution >= 0.6 is 15.9 Å². The van der Waals surface area contributed by atoms with E-state index in [0.717, 1.165) is 10.2 Å². The van der Waals surface area contributed by atoms with Gasteiger partial charge in [0.25, 0.3) is 0 Å². The molecule has 0 atom stereocenters. The van der Waals surface area contributed by atoms with Crippen molar-refractivity contribution in [3.8, 4) is 0 Å². The number of nitrogens with one attached hydrogen (secondary N) is 2. The minimum atomic E-state index is -0.209. The third-order valence-corrected chi connectivity index (χ3v) is 4.05. The van der Waals surface area contributed by atoms with Gasteiger partial charge in [-0.25, -0.2) is 4.79 Å². The molecule has 1 saturated carbocycles. The van der Waals surface area contributed by atoms with E-state index in [2.05, 4.69) is 32.6 Å². The third-order valence-electron chi connectivity index (χ3n) is 3.35. The van der Waals surface area contributed by atoms with Crippen LogP contribution in [-0.2, 0) is 0 Å². The molecule has 0 spiro atoms. The molecule has 0 aliphatic heterocycles. The largest absolute Gasteiger partial charge is 0.323 e. The summed E-state index contributed by atoms with van der Waals surface area (Å²) in [6, 6.07) is 7.34. The van der Waals surface area contributed by atoms with Crippen molar-refractivity contribution in [1.29, 1.82) is 0 Å². The van der Waals surface area contributed by atoms with Crippen molar-refractivity contribution in [1.82, 2.24) is 5.32 Å². The Kier molecular flexibility index (Phi) is 5.45. The van der Waals surface area contributed by atoms with Crippen LogP contribution in [0.1, 0.15) is 32.1 Å². The number of benzene rings is 1. The number of carbonyl (C=O) groups is 1. The summed E-state index contributed by atoms with van der Waals surface area (Å²) >= 11 is 3.39. The van der Waals surface area contributed by atoms with E-state index >= 15 is 0 Å². The lowest BCUT2D eigenvalue weighted by atomic mass is 9.89. The van der Waals surface area contributed by atoms with E-state index in [0.29, 0.717) is 5.92 Å². The SMILES string of the molecule is O=C(N/C=C/C1CCCCC1)Nc1ccccc1Br. The minimum Gasteiger partial charge on any atom is -0.315 e. The van der Waals surface area contributed by atoms with Crippen LogP contribution in [0.25, 0.3) is 0 Å². The maximum Gasteiger partial charge on any atom is 0.323 e. The number of carbonyl (C=O) groups excluding carboxylic acids is 1. The highest BCUT2D eigenvalue weighted by Gasteiger charge is 2.09. The van der Waals surface area contributed by atoms with Gasteiger partial charge in [-0.1, -0.05) is 37.5 Å². The molecule has 3 nitrogen and oxygen atoms in total. The quantitative estimate of drug-likeness (QED) is 0.834. The van der Waals surface area contributed by atoms with Gasteiger partial charge < -0.3 is 10.6 Å². The molecule has 1 aromatic carbocycles. The summed E-state index contributed by atoms with van der Waals surface area (Å²) in [6.07, 6.45) is 10.3. The molecule has 0 unspecified atom stereocenters. The zero-order chi connectivity index (χ0) is 13.5. The van der Waals surface area contributed by atoms with Crippen molar-refractivity contribution in [3.05, 3.63) is 41.0 Å². The lowest BCUT2D eigenvalue weighted by Crippen LogP contribution is -2.24. The topological polar surface area (TPSA) is 41.1 Å². The molecular formula is C15H19BrN2O. The number of amides is 2. The monoisotopic (exact) mass is 322 g/mol. The Balaban J connectivity index is 1.78. The van der Waals surface area contributed by atoms with Crippen LogP contribution in [-0.4, -0.2) is 6.03 Å². The Labute approximate surface area is 122 Å². The van der Waals surface area contributed by atoms with Gasteiger partial charge in [-0.15, -0.1) is 0 Å². The molecular weight excluding hydrogens is 304 g/mol. The van der Waals surface area contributed by atoms with Crippen LogP contribution in [0.5, 0.6) is 0 Å². The highest BCUT2D eigenvalue weighted by Crippen LogP contribution is 2.24. The smallest absolute Gasteiger partial charge is 0.315 e. The van der Waals surface area contributed by atoms with E-state index in [1.54, 1.807) is 6.20 Å². The molecule has 0 radical (unpaired) electrons. The van der Waals surface area contributed by atoms with Gasteiger partial charge in [-0.2, -0.15) is 0 Å². The van der Waals surface area contributed by atoms with Crippen molar-refractivity contribution in [2.75, 3.05) is 5.32 Å². The fourth-order valence-electron chi connectivity index (χ4n) is 2.31. The van der Waals surface area contributed by atoms with E-state index in [9.17, 15) is 4.79 Å². The van der Waals surface area contributed by atoms with Crippen LogP contribution in [0, 0.1) is 5.92 Å². The van der Waals surface area contributed by atoms with Crippen LogP contribution in [0.2, 0.25) is 0 Å². The summed E-state index contributed by atoms with van der Waals surface area (Å²) in [5.41, 5.74) is 0.770. The number of hydrogen-bond acceptors (Lipinski definition) is 1. The van der Waals surface area contributed by atoms with Gasteiger partial charge in [0.1, 0.15) is 0 Å². The molecule has 0 saturated heterocycles. The van der Waals surface area contributed by atoms with Gasteiger partial charge in [0.2, 0.25) is 0 Å². The zero-order valence-electron chi connectivity index (χ0n) is 10.9. The van der Waals surface area contributed by atoms with Crippen LogP contribution in [0.4, 0.5) is 10.5 Å². The van der Waals surface area contributed by atoms with Gasteiger partial charge in [0.15, 0.2) is 0 Å². The molecule has 0 bridgehead atoms. The Hall–Kier alpha value is -1.29. The fraction of sp³-hybridized carbons (Fsp3) is 0.400. The molecule has 2 rings (SSSR count). The number of urea groups is 1. The van der Waals surface area contributed by atoms with Gasteiger partial charge in [0, 0.05) is 10.7 Å². The first-order valence-corrected chi connectivity index (χ1v) is 7.54. The molecule has 1 aromatic rings. The lowest BCUT2D eigenvalue weighted by molar-refractivity contribution is 0.255. The van der Waals surface area contributed by atoms with E-state index in [-0.39, 0.29) is 6.03 Å². The van der Waals surface area contributed by atoms with E-state index in [4.69, 9.17) is 0 Å². The van der Waals surface area contributed by atoms with Crippen molar-refractivity contribution < 1.29 is 4.79 Å². The number of anilines is 1. The molecule has 1 fully saturated rings. The second kappa shape index (κ2) is 7.34. The zero-order valence-corrected chi connectivity index (χ0v) is 12.4. The van der Waals surface area contributed by atoms with Crippen molar-refractivity contribution in [2.45, 2.75) is 32.1 Å². The molecule has 1 aliphatic carbocycles. The summed E-state index contributed by atoms with van der Waals surface area (Å²) < 4.78 is 0.876. The highest BCUT2D eigenvalue weighted by molar-refractivity contribution is 9.10. The number of rotatable bonds is 3. The molecule has 4 heteroatoms. The van der Waals surface area contributed by atoms with E-state index < -0.39 is 0 Å². The maximum atomic E-state index is 11.7. The van der Waals surface area contributed by atoms with Gasteiger partial charge in [-0.3, -0.25) is 0 Å². The molecule has 1 aliphatic rings. The lowest BCUT2D eigenvalue weighted by Gasteiger charge is -2.17. The molecule has 0 aromatic heterocycles. The van der Waals surface area contributed by atoms with Gasteiger partial charge in [0.05, 0.1) is 5.69 Å². The van der Waals surface area contributed by atoms with Gasteiger partial charge in [-0.05, 0) is 46.8 Å². The number of allylic oxidation sites excluding steroid dienone is 1. The van der Waals surface area contributed by atoms with Crippen molar-refractivity contribution in [2.24, 2.45) is 5.92 Å². The number of para-hydroxylation sites is 1. The van der Waals surface area contributed by atoms with E-state index in [1.807, 2.05) is 24.3 Å². The summed E-state index contributed by atoms with van der Waals surface area (Å²) in [6.45, 7) is 0. The molecule has 2 N–H and O–H groups in total. The predicted molar refractivity (Wildman–Crippen MR) is 82.0 cm³/mol. The highest BCUT2D eigenvalue weighted by atomic mass is 79.9. The first kappa shape index (κ1) is 14.1. The van der Waals surface area contributed by atoms with Crippen LogP contribution < -0.4 is 10.6 Å². The van der Waals surface area contributed by atoms with E-state index in [1.165, 1.54) is 32.1 Å². The Bertz CT molecular complexity index is 453. The minimum absolute atomic E-state index is 0.209. The fourth-order valence-corrected chi connectivity index (χ4v) is 2.69. The average Bonchev–Trinajstić information content (AvgIpc) is 2.43. The van der Waals surface area contributed by atoms with Crippen molar-refractivity contribution >= 4 is 27.6 Å². The van der Waals surface area contributed by atoms with Crippen LogP contribution in [0.3, 0.4) is 0 Å². The molecule has 19 heavy (non-hydrogen) atoms. The van der Waals surface area contributed by atoms with Crippen LogP contribution in [0.15, 0.2) is 41.0 Å². The Morgan fingerprint density at radius 1 is 1.21 bits per heavy atom. The Morgan fingerprint density at radius 3 is 2.68 bits per heavy atom. The molecule has 102 valence electrons. The first-order chi connectivity index (χ1) is 9.25. The normalized spacial score (nSPS) is 16.5. The standard InChI is InChI=1S/C15H19BrN2O/c16-13-8-4-5-9-14(13)18-15(19)17-11-10-12-6-2-1-3-7-12/h4-5,8-12H,1-3,6-7H2,(H2,17,18,19)/b11-10+. The summed E-state index contributed by atoms with van der Waals surface area (Å²) in [5.74, 6) is 0.623. The summed E-state index contributed by atoms with van der Waals surface area (Å²) in [5, 5.41) is 5.55.